The van der Waals surface area contributed by atoms with E-state index < -0.39 is 0 Å². The molecule has 0 radical (unpaired) electrons. The fourth-order valence-corrected chi connectivity index (χ4v) is 3.47. The molecule has 2 aliphatic rings. The van der Waals surface area contributed by atoms with Gasteiger partial charge in [-0.25, -0.2) is 0 Å². The summed E-state index contributed by atoms with van der Waals surface area (Å²) in [4.78, 5) is 0. The van der Waals surface area contributed by atoms with Crippen LogP contribution in [0.4, 0.5) is 0 Å². The van der Waals surface area contributed by atoms with Gasteiger partial charge in [0.2, 0.25) is 0 Å². The molecule has 0 bridgehead atoms. The third-order valence-electron chi connectivity index (χ3n) is 4.79. The highest BCUT2D eigenvalue weighted by molar-refractivity contribution is 5.54. The predicted molar refractivity (Wildman–Crippen MR) is 89.9 cm³/mol. The van der Waals surface area contributed by atoms with Gasteiger partial charge in [-0.05, 0) is 68.1 Å². The van der Waals surface area contributed by atoms with Crippen LogP contribution in [-0.2, 0) is 0 Å². The van der Waals surface area contributed by atoms with Crippen molar-refractivity contribution in [3.8, 4) is 0 Å². The average molecular weight is 272 g/mol. The van der Waals surface area contributed by atoms with Gasteiger partial charge in [0, 0.05) is 0 Å². The van der Waals surface area contributed by atoms with Gasteiger partial charge >= 0.3 is 0 Å². The van der Waals surface area contributed by atoms with E-state index in [1.807, 2.05) is 0 Å². The number of rotatable bonds is 7. The van der Waals surface area contributed by atoms with Crippen LogP contribution in [-0.4, -0.2) is 0 Å². The summed E-state index contributed by atoms with van der Waals surface area (Å²) in [7, 11) is 0. The van der Waals surface area contributed by atoms with Gasteiger partial charge in [0.15, 0.2) is 0 Å². The molecule has 0 heterocycles. The largest absolute Gasteiger partial charge is 0.0654 e. The van der Waals surface area contributed by atoms with Gasteiger partial charge in [-0.1, -0.05) is 57.3 Å². The Bertz CT molecular complexity index is 384. The molecule has 0 aromatic rings. The molecule has 0 amide bonds. The predicted octanol–water partition coefficient (Wildman–Crippen LogP) is 6.88. The molecule has 0 spiro atoms. The van der Waals surface area contributed by atoms with Crippen molar-refractivity contribution in [3.63, 3.8) is 0 Å². The Morgan fingerprint density at radius 2 is 1.35 bits per heavy atom. The molecule has 0 aliphatic heterocycles. The van der Waals surface area contributed by atoms with Crippen LogP contribution in [0.2, 0.25) is 0 Å². The van der Waals surface area contributed by atoms with E-state index in [4.69, 9.17) is 0 Å². The second kappa shape index (κ2) is 8.49. The van der Waals surface area contributed by atoms with Gasteiger partial charge in [-0.3, -0.25) is 0 Å². The second-order valence-electron chi connectivity index (χ2n) is 6.52. The topological polar surface area (TPSA) is 0 Å². The normalized spacial score (nSPS) is 19.3. The van der Waals surface area contributed by atoms with Crippen molar-refractivity contribution in [2.24, 2.45) is 0 Å². The maximum absolute atomic E-state index is 2.54. The third kappa shape index (κ3) is 4.36. The average Bonchev–Trinajstić information content (AvgIpc) is 2.89. The van der Waals surface area contributed by atoms with Gasteiger partial charge in [0.1, 0.15) is 0 Å². The standard InChI is InChI=1S/C20H32/c1-3-5-8-14-19-16-20(15-18(19)11-6-4-2)17-12-9-7-10-13-17/h15-16H,3-14H2,1-2H3. The Hall–Kier alpha value is -0.780. The molecule has 0 heteroatoms. The van der Waals surface area contributed by atoms with Crippen LogP contribution in [0.5, 0.6) is 0 Å². The lowest BCUT2D eigenvalue weighted by Gasteiger charge is -2.15. The van der Waals surface area contributed by atoms with Crippen molar-refractivity contribution < 1.29 is 0 Å². The Morgan fingerprint density at radius 1 is 0.750 bits per heavy atom. The first-order chi connectivity index (χ1) is 9.85. The zero-order chi connectivity index (χ0) is 14.2. The van der Waals surface area contributed by atoms with E-state index in [2.05, 4.69) is 26.0 Å². The first kappa shape index (κ1) is 15.6. The second-order valence-corrected chi connectivity index (χ2v) is 6.52. The van der Waals surface area contributed by atoms with Gasteiger partial charge < -0.3 is 0 Å². The van der Waals surface area contributed by atoms with Gasteiger partial charge in [0.05, 0.1) is 0 Å². The molecular weight excluding hydrogens is 240 g/mol. The molecule has 1 fully saturated rings. The molecule has 0 aromatic carbocycles. The molecule has 0 N–H and O–H groups in total. The zero-order valence-corrected chi connectivity index (χ0v) is 13.6. The maximum atomic E-state index is 2.54. The molecule has 0 aromatic heterocycles. The van der Waals surface area contributed by atoms with Crippen LogP contribution in [0.3, 0.4) is 0 Å². The van der Waals surface area contributed by atoms with E-state index >= 15 is 0 Å². The monoisotopic (exact) mass is 272 g/mol. The molecule has 0 saturated heterocycles. The van der Waals surface area contributed by atoms with E-state index in [1.165, 1.54) is 77.0 Å². The summed E-state index contributed by atoms with van der Waals surface area (Å²) in [5.41, 5.74) is 6.68. The van der Waals surface area contributed by atoms with Crippen LogP contribution in [0.25, 0.3) is 0 Å². The van der Waals surface area contributed by atoms with Gasteiger partial charge in [-0.2, -0.15) is 0 Å². The highest BCUT2D eigenvalue weighted by Crippen LogP contribution is 2.36. The number of hydrogen-bond acceptors (Lipinski definition) is 0. The van der Waals surface area contributed by atoms with E-state index in [0.717, 1.165) is 0 Å². The molecule has 0 unspecified atom stereocenters. The number of hydrogen-bond donors (Lipinski definition) is 0. The van der Waals surface area contributed by atoms with Crippen molar-refractivity contribution in [2.75, 3.05) is 0 Å². The fourth-order valence-electron chi connectivity index (χ4n) is 3.47. The minimum atomic E-state index is 1.30. The fraction of sp³-hybridized carbons (Fsp3) is 0.700. The molecule has 112 valence electrons. The third-order valence-corrected chi connectivity index (χ3v) is 4.79. The first-order valence-corrected chi connectivity index (χ1v) is 8.98. The lowest BCUT2D eigenvalue weighted by Crippen LogP contribution is -1.95. The molecule has 2 rings (SSSR count). The van der Waals surface area contributed by atoms with Crippen LogP contribution in [0.1, 0.15) is 90.9 Å². The number of unbranched alkanes of at least 4 members (excludes halogenated alkanes) is 3. The molecular formula is C20H32. The van der Waals surface area contributed by atoms with E-state index in [-0.39, 0.29) is 0 Å². The van der Waals surface area contributed by atoms with Gasteiger partial charge in [-0.15, -0.1) is 0 Å². The number of allylic oxidation sites excluding steroid dienone is 6. The Kier molecular flexibility index (Phi) is 6.63. The summed E-state index contributed by atoms with van der Waals surface area (Å²) in [5.74, 6) is 0. The van der Waals surface area contributed by atoms with E-state index in [0.29, 0.717) is 0 Å². The minimum Gasteiger partial charge on any atom is -0.0654 e. The highest BCUT2D eigenvalue weighted by atomic mass is 14.2. The zero-order valence-electron chi connectivity index (χ0n) is 13.6. The summed E-state index contributed by atoms with van der Waals surface area (Å²) in [5, 5.41) is 0. The molecule has 0 atom stereocenters. The Balaban J connectivity index is 2.07. The first-order valence-electron chi connectivity index (χ1n) is 8.98. The van der Waals surface area contributed by atoms with Crippen LogP contribution >= 0.6 is 0 Å². The van der Waals surface area contributed by atoms with Crippen molar-refractivity contribution in [1.29, 1.82) is 0 Å². The summed E-state index contributed by atoms with van der Waals surface area (Å²) in [6.07, 6.45) is 21.4. The minimum absolute atomic E-state index is 1.30. The highest BCUT2D eigenvalue weighted by Gasteiger charge is 2.16. The van der Waals surface area contributed by atoms with Gasteiger partial charge in [0.25, 0.3) is 0 Å². The molecule has 0 nitrogen and oxygen atoms in total. The molecule has 1 saturated carbocycles. The molecule has 20 heavy (non-hydrogen) atoms. The molecule has 2 aliphatic carbocycles. The van der Waals surface area contributed by atoms with E-state index in [9.17, 15) is 0 Å². The van der Waals surface area contributed by atoms with Crippen molar-refractivity contribution in [1.82, 2.24) is 0 Å². The lowest BCUT2D eigenvalue weighted by atomic mass is 9.91. The lowest BCUT2D eigenvalue weighted by molar-refractivity contribution is 0.596. The SMILES string of the molecule is CCCCCC1=CC(=C2CCCCC2)C=C1CCCC. The smallest absolute Gasteiger partial charge is 0.0259 e. The van der Waals surface area contributed by atoms with Crippen LogP contribution < -0.4 is 0 Å². The summed E-state index contributed by atoms with van der Waals surface area (Å²) in [6.45, 7) is 4.60. The van der Waals surface area contributed by atoms with Crippen molar-refractivity contribution >= 4 is 0 Å². The summed E-state index contributed by atoms with van der Waals surface area (Å²) < 4.78 is 0. The van der Waals surface area contributed by atoms with Crippen molar-refractivity contribution in [2.45, 2.75) is 90.9 Å². The maximum Gasteiger partial charge on any atom is -0.0259 e. The Labute approximate surface area is 126 Å². The van der Waals surface area contributed by atoms with Crippen molar-refractivity contribution in [3.05, 3.63) is 34.4 Å². The van der Waals surface area contributed by atoms with E-state index in [1.54, 1.807) is 22.3 Å². The van der Waals surface area contributed by atoms with Crippen LogP contribution in [0, 0.1) is 0 Å². The summed E-state index contributed by atoms with van der Waals surface area (Å²) >= 11 is 0. The quantitative estimate of drug-likeness (QED) is 0.443. The Morgan fingerprint density at radius 3 is 1.95 bits per heavy atom. The summed E-state index contributed by atoms with van der Waals surface area (Å²) in [6, 6.07) is 0. The van der Waals surface area contributed by atoms with Crippen LogP contribution in [0.15, 0.2) is 34.4 Å².